The number of carboxylic acid groups (broad SMARTS) is 1. The summed E-state index contributed by atoms with van der Waals surface area (Å²) in [5, 5.41) is 19.0. The first-order chi connectivity index (χ1) is 7.13. The van der Waals surface area contributed by atoms with E-state index < -0.39 is 5.97 Å². The third-order valence-corrected chi connectivity index (χ3v) is 3.21. The average Bonchev–Trinajstić information content (AvgIpc) is 2.56. The van der Waals surface area contributed by atoms with Gasteiger partial charge in [0.1, 0.15) is 11.5 Å². The van der Waals surface area contributed by atoms with Gasteiger partial charge in [-0.25, -0.2) is 4.79 Å². The number of aromatic hydroxyl groups is 1. The van der Waals surface area contributed by atoms with E-state index in [1.165, 1.54) is 7.11 Å². The van der Waals surface area contributed by atoms with Crippen molar-refractivity contribution >= 4 is 27.4 Å². The molecule has 0 aliphatic carbocycles. The summed E-state index contributed by atoms with van der Waals surface area (Å²) in [6.45, 7) is 0. The normalized spacial score (nSPS) is 10.5. The van der Waals surface area contributed by atoms with Crippen molar-refractivity contribution in [3.8, 4) is 11.5 Å². The SMILES string of the molecule is COc1ccc2sc(C(=O)O)c(O)c2c1. The molecule has 0 aliphatic heterocycles. The first-order valence-corrected chi connectivity index (χ1v) is 4.98. The Kier molecular flexibility index (Phi) is 2.24. The lowest BCUT2D eigenvalue weighted by Crippen LogP contribution is -1.90. The molecule has 2 rings (SSSR count). The lowest BCUT2D eigenvalue weighted by molar-refractivity contribution is 0.0699. The van der Waals surface area contributed by atoms with Gasteiger partial charge in [0.2, 0.25) is 0 Å². The molecule has 78 valence electrons. The van der Waals surface area contributed by atoms with E-state index in [0.717, 1.165) is 16.0 Å². The van der Waals surface area contributed by atoms with Crippen LogP contribution >= 0.6 is 11.3 Å². The van der Waals surface area contributed by atoms with Gasteiger partial charge in [0.25, 0.3) is 0 Å². The molecule has 0 fully saturated rings. The molecule has 15 heavy (non-hydrogen) atoms. The van der Waals surface area contributed by atoms with Crippen molar-refractivity contribution in [2.45, 2.75) is 0 Å². The van der Waals surface area contributed by atoms with Gasteiger partial charge in [-0.3, -0.25) is 0 Å². The maximum Gasteiger partial charge on any atom is 0.349 e. The number of carbonyl (C=O) groups is 1. The molecule has 5 heteroatoms. The van der Waals surface area contributed by atoms with Crippen molar-refractivity contribution in [2.75, 3.05) is 7.11 Å². The van der Waals surface area contributed by atoms with Crippen LogP contribution in [0.3, 0.4) is 0 Å². The van der Waals surface area contributed by atoms with Gasteiger partial charge < -0.3 is 14.9 Å². The topological polar surface area (TPSA) is 66.8 Å². The van der Waals surface area contributed by atoms with E-state index in [1.807, 2.05) is 0 Å². The molecular formula is C10H8O4S. The largest absolute Gasteiger partial charge is 0.505 e. The van der Waals surface area contributed by atoms with E-state index in [2.05, 4.69) is 0 Å². The molecule has 2 N–H and O–H groups in total. The molecule has 0 aliphatic rings. The summed E-state index contributed by atoms with van der Waals surface area (Å²) in [6, 6.07) is 5.07. The number of ether oxygens (including phenoxy) is 1. The summed E-state index contributed by atoms with van der Waals surface area (Å²) in [5.74, 6) is -0.721. The standard InChI is InChI=1S/C10H8O4S/c1-14-5-2-3-7-6(4-5)8(11)9(15-7)10(12)13/h2-4,11H,1H3,(H,12,13). The molecule has 0 radical (unpaired) electrons. The first kappa shape index (κ1) is 9.79. The Bertz CT molecular complexity index is 529. The molecule has 0 saturated carbocycles. The van der Waals surface area contributed by atoms with E-state index in [1.54, 1.807) is 18.2 Å². The second-order valence-corrected chi connectivity index (χ2v) is 4.00. The number of hydrogen-bond acceptors (Lipinski definition) is 4. The minimum atomic E-state index is -1.12. The maximum atomic E-state index is 10.8. The minimum Gasteiger partial charge on any atom is -0.505 e. The third kappa shape index (κ3) is 1.50. The fourth-order valence-electron chi connectivity index (χ4n) is 1.34. The van der Waals surface area contributed by atoms with E-state index in [0.29, 0.717) is 11.1 Å². The van der Waals surface area contributed by atoms with Crippen molar-refractivity contribution in [3.05, 3.63) is 23.1 Å². The van der Waals surface area contributed by atoms with Crippen LogP contribution in [0.25, 0.3) is 10.1 Å². The van der Waals surface area contributed by atoms with Gasteiger partial charge in [-0.1, -0.05) is 0 Å². The highest BCUT2D eigenvalue weighted by Gasteiger charge is 2.17. The number of fused-ring (bicyclic) bond motifs is 1. The second kappa shape index (κ2) is 3.43. The van der Waals surface area contributed by atoms with Crippen LogP contribution in [-0.4, -0.2) is 23.3 Å². The number of methoxy groups -OCH3 is 1. The number of aromatic carboxylic acids is 1. The van der Waals surface area contributed by atoms with Crippen LogP contribution in [0.4, 0.5) is 0 Å². The monoisotopic (exact) mass is 224 g/mol. The highest BCUT2D eigenvalue weighted by molar-refractivity contribution is 7.21. The van der Waals surface area contributed by atoms with Crippen LogP contribution in [0.1, 0.15) is 9.67 Å². The highest BCUT2D eigenvalue weighted by atomic mass is 32.1. The van der Waals surface area contributed by atoms with E-state index >= 15 is 0 Å². The Labute approximate surface area is 89.3 Å². The van der Waals surface area contributed by atoms with Crippen molar-refractivity contribution in [3.63, 3.8) is 0 Å². The van der Waals surface area contributed by atoms with Crippen LogP contribution in [-0.2, 0) is 0 Å². The predicted octanol–water partition coefficient (Wildman–Crippen LogP) is 2.31. The fraction of sp³-hybridized carbons (Fsp3) is 0.100. The van der Waals surface area contributed by atoms with Gasteiger partial charge >= 0.3 is 5.97 Å². The average molecular weight is 224 g/mol. The fourth-order valence-corrected chi connectivity index (χ4v) is 2.25. The van der Waals surface area contributed by atoms with Crippen LogP contribution in [0.5, 0.6) is 11.5 Å². The molecule has 0 unspecified atom stereocenters. The Hall–Kier alpha value is -1.75. The molecule has 0 amide bonds. The van der Waals surface area contributed by atoms with Crippen molar-refractivity contribution < 1.29 is 19.7 Å². The molecule has 1 heterocycles. The van der Waals surface area contributed by atoms with Crippen molar-refractivity contribution in [2.24, 2.45) is 0 Å². The smallest absolute Gasteiger partial charge is 0.349 e. The molecule has 2 aromatic rings. The van der Waals surface area contributed by atoms with Crippen molar-refractivity contribution in [1.29, 1.82) is 0 Å². The number of carboxylic acids is 1. The maximum absolute atomic E-state index is 10.8. The second-order valence-electron chi connectivity index (χ2n) is 2.95. The summed E-state index contributed by atoms with van der Waals surface area (Å²) >= 11 is 1.05. The van der Waals surface area contributed by atoms with Crippen molar-refractivity contribution in [1.82, 2.24) is 0 Å². The summed E-state index contributed by atoms with van der Waals surface area (Å²) in [7, 11) is 1.52. The van der Waals surface area contributed by atoms with Gasteiger partial charge in [0.05, 0.1) is 7.11 Å². The van der Waals surface area contributed by atoms with Gasteiger partial charge in [-0.05, 0) is 18.2 Å². The van der Waals surface area contributed by atoms with Gasteiger partial charge in [0.15, 0.2) is 4.88 Å². The number of benzene rings is 1. The van der Waals surface area contributed by atoms with Crippen LogP contribution in [0, 0.1) is 0 Å². The van der Waals surface area contributed by atoms with Crippen LogP contribution in [0.15, 0.2) is 18.2 Å². The highest BCUT2D eigenvalue weighted by Crippen LogP contribution is 2.38. The zero-order valence-electron chi connectivity index (χ0n) is 7.85. The van der Waals surface area contributed by atoms with E-state index in [-0.39, 0.29) is 10.6 Å². The summed E-state index contributed by atoms with van der Waals surface area (Å²) in [6.07, 6.45) is 0. The Morgan fingerprint density at radius 2 is 2.20 bits per heavy atom. The number of thiophene rings is 1. The van der Waals surface area contributed by atoms with Gasteiger partial charge in [0, 0.05) is 10.1 Å². The molecular weight excluding hydrogens is 216 g/mol. The zero-order valence-corrected chi connectivity index (χ0v) is 8.67. The first-order valence-electron chi connectivity index (χ1n) is 4.16. The van der Waals surface area contributed by atoms with Crippen LogP contribution in [0.2, 0.25) is 0 Å². The van der Waals surface area contributed by atoms with E-state index in [4.69, 9.17) is 9.84 Å². The molecule has 1 aromatic heterocycles. The van der Waals surface area contributed by atoms with Crippen LogP contribution < -0.4 is 4.74 Å². The summed E-state index contributed by atoms with van der Waals surface area (Å²) in [5.41, 5.74) is 0. The molecule has 0 spiro atoms. The Morgan fingerprint density at radius 1 is 1.47 bits per heavy atom. The van der Waals surface area contributed by atoms with Gasteiger partial charge in [-0.15, -0.1) is 11.3 Å². The number of rotatable bonds is 2. The quantitative estimate of drug-likeness (QED) is 0.821. The zero-order chi connectivity index (χ0) is 11.0. The Morgan fingerprint density at radius 3 is 2.80 bits per heavy atom. The molecule has 0 saturated heterocycles. The summed E-state index contributed by atoms with van der Waals surface area (Å²) < 4.78 is 5.72. The molecule has 0 atom stereocenters. The lowest BCUT2D eigenvalue weighted by atomic mass is 10.2. The third-order valence-electron chi connectivity index (χ3n) is 2.06. The van der Waals surface area contributed by atoms with Gasteiger partial charge in [-0.2, -0.15) is 0 Å². The molecule has 0 bridgehead atoms. The predicted molar refractivity (Wildman–Crippen MR) is 57.0 cm³/mol. The Balaban J connectivity index is 2.72. The number of hydrogen-bond donors (Lipinski definition) is 2. The summed E-state index contributed by atoms with van der Waals surface area (Å²) in [4.78, 5) is 10.7. The molecule has 1 aromatic carbocycles. The molecule has 4 nitrogen and oxygen atoms in total. The lowest BCUT2D eigenvalue weighted by Gasteiger charge is -1.98. The minimum absolute atomic E-state index is 0.0433. The van der Waals surface area contributed by atoms with E-state index in [9.17, 15) is 9.90 Å².